The molecule has 0 atom stereocenters. The van der Waals surface area contributed by atoms with Gasteiger partial charge in [-0.1, -0.05) is 0 Å². The molecule has 0 saturated carbocycles. The first kappa shape index (κ1) is 14.9. The molecule has 1 aromatic carbocycles. The highest BCUT2D eigenvalue weighted by Crippen LogP contribution is 2.37. The fourth-order valence-electron chi connectivity index (χ4n) is 3.87. The zero-order valence-electron chi connectivity index (χ0n) is 14.0. The number of aryl methyl sites for hydroxylation is 2. The Hall–Kier alpha value is -2.69. The van der Waals surface area contributed by atoms with Gasteiger partial charge in [0.15, 0.2) is 0 Å². The fraction of sp³-hybridized carbons (Fsp3) is 0.316. The molecule has 1 aliphatic carbocycles. The van der Waals surface area contributed by atoms with Crippen LogP contribution >= 0.6 is 0 Å². The van der Waals surface area contributed by atoms with E-state index in [2.05, 4.69) is 17.1 Å². The number of nitrogens with two attached hydrogens (primary N) is 1. The maximum absolute atomic E-state index is 7.78. The fourth-order valence-corrected chi connectivity index (χ4v) is 3.87. The van der Waals surface area contributed by atoms with Crippen LogP contribution in [0.4, 0.5) is 0 Å². The summed E-state index contributed by atoms with van der Waals surface area (Å²) < 4.78 is 0. The first-order valence-electron chi connectivity index (χ1n) is 8.38. The number of nitrogens with zero attached hydrogens (tertiary/aromatic N) is 2. The molecule has 0 spiro atoms. The molecule has 3 aromatic rings. The normalized spacial score (nSPS) is 15.4. The Labute approximate surface area is 140 Å². The van der Waals surface area contributed by atoms with Crippen molar-refractivity contribution in [2.75, 3.05) is 0 Å². The van der Waals surface area contributed by atoms with Crippen LogP contribution in [-0.2, 0) is 12.8 Å². The van der Waals surface area contributed by atoms with Crippen LogP contribution < -0.4 is 5.73 Å². The number of hydrogen-bond acceptors (Lipinski definition) is 4. The molecule has 0 fully saturated rings. The maximum Gasteiger partial charge on any atom is 0.0931 e. The van der Waals surface area contributed by atoms with Gasteiger partial charge in [-0.3, -0.25) is 5.10 Å². The number of pyridine rings is 1. The zero-order chi connectivity index (χ0) is 16.8. The third-order valence-corrected chi connectivity index (χ3v) is 4.99. The van der Waals surface area contributed by atoms with Crippen molar-refractivity contribution in [2.45, 2.75) is 39.5 Å². The van der Waals surface area contributed by atoms with Crippen molar-refractivity contribution < 1.29 is 0 Å². The molecule has 1 aliphatic rings. The Morgan fingerprint density at radius 1 is 1.17 bits per heavy atom. The molecule has 2 aromatic heterocycles. The van der Waals surface area contributed by atoms with Gasteiger partial charge in [-0.15, -0.1) is 0 Å². The first-order chi connectivity index (χ1) is 11.6. The summed E-state index contributed by atoms with van der Waals surface area (Å²) in [5.74, 6) is 0. The Morgan fingerprint density at radius 3 is 2.58 bits per heavy atom. The minimum Gasteiger partial charge on any atom is -0.402 e. The van der Waals surface area contributed by atoms with Crippen LogP contribution in [0.25, 0.3) is 27.4 Å². The molecule has 0 amide bonds. The van der Waals surface area contributed by atoms with Crippen molar-refractivity contribution in [3.05, 3.63) is 40.3 Å². The molecular formula is C19H21N5. The number of H-pyrrole nitrogens is 1. The summed E-state index contributed by atoms with van der Waals surface area (Å²) in [6.07, 6.45) is 5.71. The second kappa shape index (κ2) is 5.44. The lowest BCUT2D eigenvalue weighted by molar-refractivity contribution is 0.686. The molecule has 5 heteroatoms. The van der Waals surface area contributed by atoms with Crippen molar-refractivity contribution in [3.8, 4) is 0 Å². The SMILES string of the molecule is CC(N)=C(C=N)c1nc2ccc3n[nH]c(C)c3c2c2c1CCCC2. The predicted molar refractivity (Wildman–Crippen MR) is 98.3 cm³/mol. The smallest absolute Gasteiger partial charge is 0.0931 e. The van der Waals surface area contributed by atoms with E-state index in [4.69, 9.17) is 16.1 Å². The summed E-state index contributed by atoms with van der Waals surface area (Å²) in [6, 6.07) is 4.04. The summed E-state index contributed by atoms with van der Waals surface area (Å²) in [4.78, 5) is 4.92. The minimum absolute atomic E-state index is 0.644. The molecule has 4 rings (SSSR count). The van der Waals surface area contributed by atoms with Gasteiger partial charge in [-0.2, -0.15) is 5.10 Å². The second-order valence-corrected chi connectivity index (χ2v) is 6.57. The molecule has 24 heavy (non-hydrogen) atoms. The van der Waals surface area contributed by atoms with Crippen LogP contribution in [0, 0.1) is 12.3 Å². The lowest BCUT2D eigenvalue weighted by atomic mass is 9.85. The van der Waals surface area contributed by atoms with Crippen molar-refractivity contribution >= 4 is 33.6 Å². The second-order valence-electron chi connectivity index (χ2n) is 6.57. The number of aromatic amines is 1. The monoisotopic (exact) mass is 319 g/mol. The van der Waals surface area contributed by atoms with Crippen LogP contribution in [-0.4, -0.2) is 21.4 Å². The van der Waals surface area contributed by atoms with Crippen LogP contribution in [0.1, 0.15) is 42.3 Å². The van der Waals surface area contributed by atoms with Gasteiger partial charge in [0.2, 0.25) is 0 Å². The van der Waals surface area contributed by atoms with Crippen LogP contribution in [0.5, 0.6) is 0 Å². The molecule has 2 heterocycles. The largest absolute Gasteiger partial charge is 0.402 e. The third kappa shape index (κ3) is 2.04. The Morgan fingerprint density at radius 2 is 1.88 bits per heavy atom. The number of hydrogen-bond donors (Lipinski definition) is 3. The number of allylic oxidation sites excluding steroid dienone is 2. The summed E-state index contributed by atoms with van der Waals surface area (Å²) in [6.45, 7) is 3.90. The summed E-state index contributed by atoms with van der Waals surface area (Å²) in [7, 11) is 0. The van der Waals surface area contributed by atoms with E-state index in [0.717, 1.165) is 47.3 Å². The highest BCUT2D eigenvalue weighted by molar-refractivity contribution is 6.13. The van der Waals surface area contributed by atoms with E-state index in [1.165, 1.54) is 34.5 Å². The molecular weight excluding hydrogens is 298 g/mol. The third-order valence-electron chi connectivity index (χ3n) is 4.99. The average Bonchev–Trinajstić information content (AvgIpc) is 2.96. The maximum atomic E-state index is 7.78. The van der Waals surface area contributed by atoms with Gasteiger partial charge < -0.3 is 11.1 Å². The Bertz CT molecular complexity index is 1010. The van der Waals surface area contributed by atoms with Crippen molar-refractivity contribution in [1.29, 1.82) is 5.41 Å². The summed E-state index contributed by atoms with van der Waals surface area (Å²) in [5, 5.41) is 17.7. The number of rotatable bonds is 2. The standard InChI is InChI=1S/C19H21N5/c1-10(21)14(9-20)19-13-6-4-3-5-12(13)18-15(22-19)7-8-16-17(18)11(2)23-24-16/h7-9,20H,3-6,21H2,1-2H3,(H,23,24). The number of nitrogens with one attached hydrogen (secondary N) is 2. The Balaban J connectivity index is 2.19. The van der Waals surface area contributed by atoms with Gasteiger partial charge in [0.1, 0.15) is 0 Å². The highest BCUT2D eigenvalue weighted by Gasteiger charge is 2.22. The van der Waals surface area contributed by atoms with Crippen molar-refractivity contribution in [1.82, 2.24) is 15.2 Å². The van der Waals surface area contributed by atoms with Gasteiger partial charge >= 0.3 is 0 Å². The van der Waals surface area contributed by atoms with E-state index >= 15 is 0 Å². The van der Waals surface area contributed by atoms with E-state index in [1.54, 1.807) is 0 Å². The van der Waals surface area contributed by atoms with Crippen LogP contribution in [0.2, 0.25) is 0 Å². The van der Waals surface area contributed by atoms with Crippen LogP contribution in [0.3, 0.4) is 0 Å². The minimum atomic E-state index is 0.644. The van der Waals surface area contributed by atoms with Crippen molar-refractivity contribution in [2.24, 2.45) is 5.73 Å². The zero-order valence-corrected chi connectivity index (χ0v) is 14.0. The molecule has 122 valence electrons. The summed E-state index contributed by atoms with van der Waals surface area (Å²) in [5.41, 5.74) is 13.9. The van der Waals surface area contributed by atoms with Gasteiger partial charge in [0.25, 0.3) is 0 Å². The van der Waals surface area contributed by atoms with E-state index in [0.29, 0.717) is 5.70 Å². The Kier molecular flexibility index (Phi) is 3.37. The highest BCUT2D eigenvalue weighted by atomic mass is 15.1. The molecule has 0 unspecified atom stereocenters. The molecule has 0 bridgehead atoms. The molecule has 0 saturated heterocycles. The number of fused-ring (bicyclic) bond motifs is 5. The summed E-state index contributed by atoms with van der Waals surface area (Å²) >= 11 is 0. The number of benzene rings is 1. The molecule has 0 radical (unpaired) electrons. The molecule has 0 aliphatic heterocycles. The van der Waals surface area contributed by atoms with Gasteiger partial charge in [0.05, 0.1) is 16.7 Å². The van der Waals surface area contributed by atoms with E-state index in [1.807, 2.05) is 19.1 Å². The first-order valence-corrected chi connectivity index (χ1v) is 8.38. The number of aromatic nitrogens is 3. The molecule has 5 nitrogen and oxygen atoms in total. The predicted octanol–water partition coefficient (Wildman–Crippen LogP) is 3.64. The van der Waals surface area contributed by atoms with Crippen molar-refractivity contribution in [3.63, 3.8) is 0 Å². The molecule has 4 N–H and O–H groups in total. The topological polar surface area (TPSA) is 91.4 Å². The lowest BCUT2D eigenvalue weighted by Gasteiger charge is -2.22. The lowest BCUT2D eigenvalue weighted by Crippen LogP contribution is -2.12. The van der Waals surface area contributed by atoms with Crippen LogP contribution in [0.15, 0.2) is 17.8 Å². The van der Waals surface area contributed by atoms with E-state index in [-0.39, 0.29) is 0 Å². The quantitative estimate of drug-likeness (QED) is 0.630. The average molecular weight is 319 g/mol. The van der Waals surface area contributed by atoms with E-state index in [9.17, 15) is 0 Å². The van der Waals surface area contributed by atoms with E-state index < -0.39 is 0 Å². The van der Waals surface area contributed by atoms with Gasteiger partial charge in [-0.25, -0.2) is 4.98 Å². The van der Waals surface area contributed by atoms with Gasteiger partial charge in [0, 0.05) is 34.0 Å². The van der Waals surface area contributed by atoms with Gasteiger partial charge in [-0.05, 0) is 62.8 Å².